The largest absolute Gasteiger partial charge is 0.480 e. The van der Waals surface area contributed by atoms with Gasteiger partial charge in [-0.3, -0.25) is 9.69 Å². The average molecular weight is 375 g/mol. The van der Waals surface area contributed by atoms with Gasteiger partial charge in [0.15, 0.2) is 0 Å². The Kier molecular flexibility index (Phi) is 6.34. The number of carbonyl (C=O) groups is 2. The molecule has 2 fully saturated rings. The highest BCUT2D eigenvalue weighted by atomic mass is 16.5. The van der Waals surface area contributed by atoms with E-state index >= 15 is 0 Å². The molecule has 2 amide bonds. The summed E-state index contributed by atoms with van der Waals surface area (Å²) in [6.07, 6.45) is 1.80. The third-order valence-electron chi connectivity index (χ3n) is 5.44. The molecule has 0 spiro atoms. The number of rotatable bonds is 6. The molecule has 3 rings (SSSR count). The van der Waals surface area contributed by atoms with E-state index < -0.39 is 5.97 Å². The van der Waals surface area contributed by atoms with Crippen molar-refractivity contribution in [1.82, 2.24) is 15.1 Å². The summed E-state index contributed by atoms with van der Waals surface area (Å²) in [5.41, 5.74) is 2.70. The number of carboxylic acid groups (broad SMARTS) is 1. The molecule has 2 N–H and O–H groups in total. The zero-order valence-corrected chi connectivity index (χ0v) is 16.1. The number of likely N-dealkylation sites (N-methyl/N-ethyl adjacent to an activating group) is 1. The van der Waals surface area contributed by atoms with E-state index in [9.17, 15) is 9.59 Å². The van der Waals surface area contributed by atoms with Crippen LogP contribution < -0.4 is 5.32 Å². The number of carbonyl (C=O) groups excluding carboxylic acids is 1. The van der Waals surface area contributed by atoms with E-state index in [1.54, 1.807) is 16.8 Å². The Bertz CT molecular complexity index is 675. The zero-order chi connectivity index (χ0) is 19.4. The zero-order valence-electron chi connectivity index (χ0n) is 16.1. The fraction of sp³-hybridized carbons (Fsp3) is 0.600. The fourth-order valence-electron chi connectivity index (χ4n) is 3.96. The van der Waals surface area contributed by atoms with Crippen LogP contribution in [0.3, 0.4) is 0 Å². The van der Waals surface area contributed by atoms with Crippen LogP contribution in [0.1, 0.15) is 29.9 Å². The molecule has 148 valence electrons. The minimum atomic E-state index is -0.865. The van der Waals surface area contributed by atoms with Crippen LogP contribution in [0.25, 0.3) is 0 Å². The number of aliphatic carboxylic acids is 1. The minimum absolute atomic E-state index is 0.0333. The number of hydrogen-bond acceptors (Lipinski definition) is 4. The number of urea groups is 1. The molecule has 1 aromatic carbocycles. The lowest BCUT2D eigenvalue weighted by Gasteiger charge is -2.40. The fourth-order valence-corrected chi connectivity index (χ4v) is 3.96. The van der Waals surface area contributed by atoms with Gasteiger partial charge in [0, 0.05) is 25.7 Å². The highest BCUT2D eigenvalue weighted by Crippen LogP contribution is 2.38. The lowest BCUT2D eigenvalue weighted by Crippen LogP contribution is -2.55. The van der Waals surface area contributed by atoms with Gasteiger partial charge in [-0.15, -0.1) is 0 Å². The molecule has 0 radical (unpaired) electrons. The Morgan fingerprint density at radius 2 is 2.07 bits per heavy atom. The summed E-state index contributed by atoms with van der Waals surface area (Å²) in [6, 6.07) is 8.62. The normalized spacial score (nSPS) is 25.1. The van der Waals surface area contributed by atoms with Crippen LogP contribution >= 0.6 is 0 Å². The van der Waals surface area contributed by atoms with Gasteiger partial charge < -0.3 is 20.1 Å². The maximum Gasteiger partial charge on any atom is 0.317 e. The van der Waals surface area contributed by atoms with Gasteiger partial charge >= 0.3 is 12.0 Å². The second-order valence-corrected chi connectivity index (χ2v) is 7.70. The first-order valence-electron chi connectivity index (χ1n) is 9.55. The molecule has 1 aliphatic carbocycles. The van der Waals surface area contributed by atoms with Crippen molar-refractivity contribution in [2.24, 2.45) is 0 Å². The first-order chi connectivity index (χ1) is 12.9. The van der Waals surface area contributed by atoms with Crippen LogP contribution in [0.15, 0.2) is 24.3 Å². The molecule has 1 aliphatic heterocycles. The van der Waals surface area contributed by atoms with Crippen LogP contribution in [0.4, 0.5) is 4.79 Å². The summed E-state index contributed by atoms with van der Waals surface area (Å²) >= 11 is 0. The van der Waals surface area contributed by atoms with Crippen molar-refractivity contribution < 1.29 is 19.4 Å². The predicted molar refractivity (Wildman–Crippen MR) is 102 cm³/mol. The van der Waals surface area contributed by atoms with Crippen molar-refractivity contribution in [3.63, 3.8) is 0 Å². The third-order valence-corrected chi connectivity index (χ3v) is 5.44. The van der Waals surface area contributed by atoms with Gasteiger partial charge in [-0.1, -0.05) is 24.3 Å². The highest BCUT2D eigenvalue weighted by molar-refractivity contribution is 5.75. The van der Waals surface area contributed by atoms with Crippen LogP contribution in [-0.4, -0.2) is 78.9 Å². The number of aryl methyl sites for hydroxylation is 1. The number of amides is 2. The smallest absolute Gasteiger partial charge is 0.317 e. The molecule has 1 saturated heterocycles. The lowest BCUT2D eigenvalue weighted by atomic mass is 9.74. The molecule has 7 heteroatoms. The molecule has 1 atom stereocenters. The van der Waals surface area contributed by atoms with Crippen LogP contribution in [0.2, 0.25) is 0 Å². The van der Waals surface area contributed by atoms with Gasteiger partial charge in [0.2, 0.25) is 0 Å². The number of morpholine rings is 1. The molecule has 2 aliphatic rings. The van der Waals surface area contributed by atoms with Crippen molar-refractivity contribution in [3.05, 3.63) is 35.4 Å². The number of ether oxygens (including phenoxy) is 1. The van der Waals surface area contributed by atoms with E-state index in [4.69, 9.17) is 9.84 Å². The molecule has 27 heavy (non-hydrogen) atoms. The van der Waals surface area contributed by atoms with Gasteiger partial charge in [0.25, 0.3) is 0 Å². The maximum atomic E-state index is 12.6. The third kappa shape index (κ3) is 5.20. The summed E-state index contributed by atoms with van der Waals surface area (Å²) in [5.74, 6) is -0.338. The summed E-state index contributed by atoms with van der Waals surface area (Å²) in [4.78, 5) is 26.8. The number of carboxylic acids is 1. The SMILES string of the molecule is Cc1ccccc1C1CC(NC(=O)N2CCOC(CN(C)CC(=O)O)C2)C1. The van der Waals surface area contributed by atoms with Gasteiger partial charge in [-0.25, -0.2) is 4.79 Å². The Hall–Kier alpha value is -2.12. The van der Waals surface area contributed by atoms with E-state index in [1.165, 1.54) is 11.1 Å². The second-order valence-electron chi connectivity index (χ2n) is 7.70. The molecular formula is C20H29N3O4. The highest BCUT2D eigenvalue weighted by Gasteiger charge is 2.34. The van der Waals surface area contributed by atoms with Crippen LogP contribution in [-0.2, 0) is 9.53 Å². The lowest BCUT2D eigenvalue weighted by molar-refractivity contribution is -0.138. The maximum absolute atomic E-state index is 12.6. The Morgan fingerprint density at radius 1 is 1.33 bits per heavy atom. The standard InChI is InChI=1S/C20H29N3O4/c1-14-5-3-4-6-18(14)15-9-16(10-15)21-20(26)23-7-8-27-17(12-23)11-22(2)13-19(24)25/h3-6,15-17H,7-13H2,1-2H3,(H,21,26)(H,24,25). The Morgan fingerprint density at radius 3 is 2.78 bits per heavy atom. The number of benzene rings is 1. The van der Waals surface area contributed by atoms with E-state index in [0.29, 0.717) is 32.2 Å². The van der Waals surface area contributed by atoms with Crippen molar-refractivity contribution in [2.75, 3.05) is 39.8 Å². The Balaban J connectivity index is 1.43. The van der Waals surface area contributed by atoms with Crippen LogP contribution in [0, 0.1) is 6.92 Å². The van der Waals surface area contributed by atoms with Gasteiger partial charge in [0.05, 0.1) is 19.3 Å². The van der Waals surface area contributed by atoms with E-state index in [1.807, 2.05) is 0 Å². The predicted octanol–water partition coefficient (Wildman–Crippen LogP) is 1.67. The average Bonchev–Trinajstić information content (AvgIpc) is 2.58. The van der Waals surface area contributed by atoms with Crippen molar-refractivity contribution in [1.29, 1.82) is 0 Å². The molecule has 1 saturated carbocycles. The van der Waals surface area contributed by atoms with Crippen LogP contribution in [0.5, 0.6) is 0 Å². The second kappa shape index (κ2) is 8.71. The minimum Gasteiger partial charge on any atom is -0.480 e. The molecule has 1 aromatic rings. The molecule has 0 bridgehead atoms. The molecule has 1 heterocycles. The topological polar surface area (TPSA) is 82.1 Å². The van der Waals surface area contributed by atoms with E-state index in [2.05, 4.69) is 36.5 Å². The Labute approximate surface area is 160 Å². The van der Waals surface area contributed by atoms with Gasteiger partial charge in [-0.2, -0.15) is 0 Å². The number of hydrogen-bond donors (Lipinski definition) is 2. The summed E-state index contributed by atoms with van der Waals surface area (Å²) in [7, 11) is 1.75. The quantitative estimate of drug-likeness (QED) is 0.790. The van der Waals surface area contributed by atoms with Crippen molar-refractivity contribution >= 4 is 12.0 Å². The number of nitrogens with one attached hydrogen (secondary N) is 1. The molecule has 0 aromatic heterocycles. The molecule has 1 unspecified atom stereocenters. The summed E-state index contributed by atoms with van der Waals surface area (Å²) < 4.78 is 5.69. The summed E-state index contributed by atoms with van der Waals surface area (Å²) in [6.45, 7) is 4.14. The molecule has 7 nitrogen and oxygen atoms in total. The first kappa shape index (κ1) is 19.6. The number of nitrogens with zero attached hydrogens (tertiary/aromatic N) is 2. The first-order valence-corrected chi connectivity index (χ1v) is 9.55. The van der Waals surface area contributed by atoms with E-state index in [0.717, 1.165) is 12.8 Å². The van der Waals surface area contributed by atoms with Gasteiger partial charge in [-0.05, 0) is 43.9 Å². The summed E-state index contributed by atoms with van der Waals surface area (Å²) in [5, 5.41) is 12.0. The van der Waals surface area contributed by atoms with Crippen molar-refractivity contribution in [2.45, 2.75) is 37.8 Å². The molecular weight excluding hydrogens is 346 g/mol. The van der Waals surface area contributed by atoms with E-state index in [-0.39, 0.29) is 24.7 Å². The van der Waals surface area contributed by atoms with Gasteiger partial charge in [0.1, 0.15) is 0 Å². The monoisotopic (exact) mass is 375 g/mol. The van der Waals surface area contributed by atoms with Crippen molar-refractivity contribution in [3.8, 4) is 0 Å².